The zero-order chi connectivity index (χ0) is 27.4. The third kappa shape index (κ3) is 8.20. The van der Waals surface area contributed by atoms with Crippen LogP contribution < -0.4 is 0 Å². The maximum absolute atomic E-state index is 5.77. The molecule has 0 aliphatic rings. The zero-order valence-electron chi connectivity index (χ0n) is 23.5. The molecule has 0 spiro atoms. The van der Waals surface area contributed by atoms with Gasteiger partial charge in [0.15, 0.2) is 0 Å². The smallest absolute Gasteiger partial charge is 0.0390 e. The molecule has 0 aliphatic carbocycles. The Morgan fingerprint density at radius 2 is 1.16 bits per heavy atom. The van der Waals surface area contributed by atoms with E-state index in [1.807, 2.05) is 36.4 Å². The fourth-order valence-corrected chi connectivity index (χ4v) is 4.29. The number of hydrogen-bond donors (Lipinski definition) is 0. The second-order valence-corrected chi connectivity index (χ2v) is 16.0. The Morgan fingerprint density at radius 1 is 0.703 bits per heavy atom. The van der Waals surface area contributed by atoms with Crippen LogP contribution in [0.5, 0.6) is 0 Å². The summed E-state index contributed by atoms with van der Waals surface area (Å²) in [5.74, 6) is 0. The van der Waals surface area contributed by atoms with Crippen LogP contribution in [0.25, 0.3) is 32.7 Å². The van der Waals surface area contributed by atoms with E-state index in [0.717, 1.165) is 5.02 Å². The van der Waals surface area contributed by atoms with Crippen LogP contribution in [0, 0.1) is 0 Å². The van der Waals surface area contributed by atoms with Crippen molar-refractivity contribution in [2.45, 2.75) is 66.2 Å². The first-order valence-corrected chi connectivity index (χ1v) is 15.1. The van der Waals surface area contributed by atoms with Crippen LogP contribution in [0.2, 0.25) is 5.02 Å². The Labute approximate surface area is 243 Å². The van der Waals surface area contributed by atoms with Gasteiger partial charge in [-0.3, -0.25) is 0 Å². The summed E-state index contributed by atoms with van der Waals surface area (Å²) in [5.41, 5.74) is 5.67. The zero-order valence-corrected chi connectivity index (χ0v) is 27.9. The van der Waals surface area contributed by atoms with Crippen LogP contribution in [0.3, 0.4) is 0 Å². The van der Waals surface area contributed by atoms with E-state index in [-0.39, 0.29) is 10.8 Å². The van der Waals surface area contributed by atoms with Crippen molar-refractivity contribution in [2.75, 3.05) is 0 Å². The minimum Gasteiger partial charge on any atom is -0.176 e. The molecule has 0 nitrogen and oxygen atoms in total. The van der Waals surface area contributed by atoms with E-state index in [0.29, 0.717) is 0 Å². The molecular weight excluding hydrogens is 634 g/mol. The summed E-state index contributed by atoms with van der Waals surface area (Å²) in [6.45, 7) is 17.9. The summed E-state index contributed by atoms with van der Waals surface area (Å²) in [6, 6.07) is 32.3. The van der Waals surface area contributed by atoms with Gasteiger partial charge in [0.25, 0.3) is 0 Å². The summed E-state index contributed by atoms with van der Waals surface area (Å²) >= 11 is 7.04. The standard InChI is InChI=1S/C21H25.C11H8Cl.C3H6.Hf/c1-20(2,3)16-7-9-18-14(12-16)11-15-13-17(21(4,5)6)8-10-19(15)18;12-11-7-5-10(6-8-11)9-3-1-2-4-9;1-3-2;/h7-13H,1-6H3;1-8H;1-2H3;/q2*-1;;+2. The van der Waals surface area contributed by atoms with E-state index in [1.165, 1.54) is 67.7 Å². The van der Waals surface area contributed by atoms with Gasteiger partial charge in [-0.2, -0.15) is 23.8 Å². The average Bonchev–Trinajstić information content (AvgIpc) is 3.46. The fourth-order valence-electron chi connectivity index (χ4n) is 4.16. The first-order chi connectivity index (χ1) is 17.3. The molecule has 0 unspecified atom stereocenters. The second kappa shape index (κ2) is 12.2. The third-order valence-electron chi connectivity index (χ3n) is 6.28. The van der Waals surface area contributed by atoms with Crippen molar-refractivity contribution in [3.63, 3.8) is 0 Å². The van der Waals surface area contributed by atoms with Crippen LogP contribution in [-0.2, 0) is 34.7 Å². The van der Waals surface area contributed by atoms with Gasteiger partial charge in [-0.15, -0.1) is 51.4 Å². The van der Waals surface area contributed by atoms with E-state index >= 15 is 0 Å². The van der Waals surface area contributed by atoms with Crippen LogP contribution >= 0.6 is 11.6 Å². The Balaban J connectivity index is 0.000000200. The average molecular weight is 674 g/mol. The maximum Gasteiger partial charge on any atom is 0.0390 e. The molecule has 0 amide bonds. The molecule has 0 radical (unpaired) electrons. The van der Waals surface area contributed by atoms with E-state index in [2.05, 4.69) is 110 Å². The topological polar surface area (TPSA) is 0 Å². The molecule has 0 heterocycles. The monoisotopic (exact) mass is 674 g/mol. The summed E-state index contributed by atoms with van der Waals surface area (Å²) in [6.07, 6.45) is 0. The van der Waals surface area contributed by atoms with Crippen molar-refractivity contribution in [3.8, 4) is 11.1 Å². The Bertz CT molecular complexity index is 1380. The van der Waals surface area contributed by atoms with Gasteiger partial charge in [0.05, 0.1) is 0 Å². The molecule has 190 valence electrons. The van der Waals surface area contributed by atoms with E-state index < -0.39 is 0 Å². The molecule has 37 heavy (non-hydrogen) atoms. The fraction of sp³-hybridized carbons (Fsp3) is 0.286. The molecule has 0 N–H and O–H groups in total. The van der Waals surface area contributed by atoms with Crippen molar-refractivity contribution in [1.29, 1.82) is 0 Å². The van der Waals surface area contributed by atoms with Crippen molar-refractivity contribution in [1.82, 2.24) is 0 Å². The molecule has 0 aromatic heterocycles. The molecule has 5 rings (SSSR count). The van der Waals surface area contributed by atoms with Crippen LogP contribution in [0.1, 0.15) is 66.5 Å². The molecule has 0 bridgehead atoms. The SMILES string of the molecule is CC(C)(C)c1ccc2c(c1)[cH-]c1cc(C(C)(C)C)ccc12.C[C](C)=[Hf+2].Clc1ccc(-c2ccc[cH-]2)cc1. The minimum atomic E-state index is 0.203. The molecule has 0 saturated carbocycles. The van der Waals surface area contributed by atoms with Gasteiger partial charge in [-0.1, -0.05) is 113 Å². The molecule has 0 fully saturated rings. The summed E-state index contributed by atoms with van der Waals surface area (Å²) < 4.78 is 1.56. The van der Waals surface area contributed by atoms with Crippen molar-refractivity contribution in [3.05, 3.63) is 107 Å². The van der Waals surface area contributed by atoms with Crippen molar-refractivity contribution < 1.29 is 23.9 Å². The van der Waals surface area contributed by atoms with Gasteiger partial charge < -0.3 is 0 Å². The molecule has 5 aromatic carbocycles. The van der Waals surface area contributed by atoms with Gasteiger partial charge in [-0.05, 0) is 10.8 Å². The van der Waals surface area contributed by atoms with E-state index in [4.69, 9.17) is 11.6 Å². The number of fused-ring (bicyclic) bond motifs is 3. The first kappa shape index (κ1) is 29.5. The van der Waals surface area contributed by atoms with Crippen LogP contribution in [0.15, 0.2) is 91.0 Å². The first-order valence-electron chi connectivity index (χ1n) is 12.9. The minimum absolute atomic E-state index is 0.203. The summed E-state index contributed by atoms with van der Waals surface area (Å²) in [5, 5.41) is 6.26. The molecular formula is C35H39ClHf. The largest absolute Gasteiger partial charge is 0.176 e. The number of hydrogen-bond acceptors (Lipinski definition) is 0. The Kier molecular flexibility index (Phi) is 9.70. The van der Waals surface area contributed by atoms with Gasteiger partial charge >= 0.3 is 41.0 Å². The summed E-state index contributed by atoms with van der Waals surface area (Å²) in [7, 11) is 0. The number of rotatable bonds is 1. The quantitative estimate of drug-likeness (QED) is 0.123. The molecule has 0 aliphatic heterocycles. The Morgan fingerprint density at radius 3 is 1.54 bits per heavy atom. The number of benzene rings is 3. The normalized spacial score (nSPS) is 11.5. The Hall–Kier alpha value is -2.09. The third-order valence-corrected chi connectivity index (χ3v) is 6.53. The number of halogens is 1. The second-order valence-electron chi connectivity index (χ2n) is 11.9. The predicted molar refractivity (Wildman–Crippen MR) is 163 cm³/mol. The van der Waals surface area contributed by atoms with Gasteiger partial charge in [0.1, 0.15) is 0 Å². The predicted octanol–water partition coefficient (Wildman–Crippen LogP) is 10.8. The summed E-state index contributed by atoms with van der Waals surface area (Å²) in [4.78, 5) is 0. The van der Waals surface area contributed by atoms with Crippen LogP contribution in [0.4, 0.5) is 0 Å². The van der Waals surface area contributed by atoms with Crippen LogP contribution in [-0.4, -0.2) is 3.26 Å². The van der Waals surface area contributed by atoms with Gasteiger partial charge in [0, 0.05) is 5.02 Å². The van der Waals surface area contributed by atoms with E-state index in [9.17, 15) is 0 Å². The van der Waals surface area contributed by atoms with E-state index in [1.54, 1.807) is 3.26 Å². The maximum atomic E-state index is 5.77. The molecule has 5 aromatic rings. The van der Waals surface area contributed by atoms with Crippen molar-refractivity contribution in [2.24, 2.45) is 0 Å². The molecule has 0 saturated heterocycles. The molecule has 0 atom stereocenters. The molecule has 2 heteroatoms. The van der Waals surface area contributed by atoms with Gasteiger partial charge in [0.2, 0.25) is 0 Å². The van der Waals surface area contributed by atoms with Gasteiger partial charge in [-0.25, -0.2) is 0 Å². The van der Waals surface area contributed by atoms with Crippen molar-refractivity contribution >= 4 is 36.4 Å².